The minimum Gasteiger partial charge on any atom is -0.498 e. The van der Waals surface area contributed by atoms with E-state index in [0.29, 0.717) is 6.41 Å². The molecule has 2 aliphatic heterocycles. The summed E-state index contributed by atoms with van der Waals surface area (Å²) in [5.41, 5.74) is -0.219. The standard InChI is InChI=1S/C18H21N5O7S2/c1-3-4-5-30-22-11(9-6-32-18(20-9)19-8-24)14(25)21-12-15(26)23-13(17(27)28)10(29-2)7-31-16(12)23/h6,8,12,16H,3-5,7H2,1-2H3,(H,21,25)(H,27,28)(H,19,20,24)/b22-11-/t12?,16-/m1/s1. The van der Waals surface area contributed by atoms with Crippen LogP contribution in [0.1, 0.15) is 25.5 Å². The maximum atomic E-state index is 13.0. The van der Waals surface area contributed by atoms with Crippen LogP contribution in [0.5, 0.6) is 0 Å². The Morgan fingerprint density at radius 2 is 2.25 bits per heavy atom. The predicted octanol–water partition coefficient (Wildman–Crippen LogP) is 0.575. The number of carboxylic acid groups (broad SMARTS) is 1. The maximum absolute atomic E-state index is 13.0. The lowest BCUT2D eigenvalue weighted by molar-refractivity contribution is -0.150. The Kier molecular flexibility index (Phi) is 7.69. The van der Waals surface area contributed by atoms with Crippen molar-refractivity contribution in [1.82, 2.24) is 15.2 Å². The molecule has 1 aromatic rings. The molecule has 1 aromatic heterocycles. The molecule has 3 N–H and O–H groups in total. The average molecular weight is 484 g/mol. The first-order chi connectivity index (χ1) is 15.4. The van der Waals surface area contributed by atoms with Gasteiger partial charge in [0.05, 0.1) is 12.9 Å². The number of β-lactam (4-membered cyclic amide) rings is 1. The molecule has 3 heterocycles. The molecule has 1 saturated heterocycles. The smallest absolute Gasteiger partial charge is 0.356 e. The van der Waals surface area contributed by atoms with Crippen LogP contribution in [-0.2, 0) is 28.8 Å². The summed E-state index contributed by atoms with van der Waals surface area (Å²) in [6.07, 6.45) is 2.06. The van der Waals surface area contributed by atoms with Gasteiger partial charge in [-0.15, -0.1) is 23.1 Å². The van der Waals surface area contributed by atoms with Crippen LogP contribution in [-0.4, -0.2) is 75.8 Å². The number of amides is 3. The van der Waals surface area contributed by atoms with Gasteiger partial charge < -0.3 is 25.3 Å². The number of thioether (sulfide) groups is 1. The SMILES string of the molecule is CCCCO/N=C(\C(=O)NC1C(=O)N2C(C(=O)O)=C(OC)CS[C@H]12)c1csc(NC=O)n1. The molecular weight excluding hydrogens is 462 g/mol. The van der Waals surface area contributed by atoms with Crippen molar-refractivity contribution in [1.29, 1.82) is 0 Å². The summed E-state index contributed by atoms with van der Waals surface area (Å²) in [5, 5.41) is 19.5. The highest BCUT2D eigenvalue weighted by molar-refractivity contribution is 8.00. The van der Waals surface area contributed by atoms with E-state index in [9.17, 15) is 24.3 Å². The van der Waals surface area contributed by atoms with Gasteiger partial charge in [0.25, 0.3) is 11.8 Å². The van der Waals surface area contributed by atoms with E-state index in [2.05, 4.69) is 20.8 Å². The van der Waals surface area contributed by atoms with Gasteiger partial charge in [0, 0.05) is 5.38 Å². The Labute approximate surface area is 191 Å². The second-order valence-corrected chi connectivity index (χ2v) is 8.53. The van der Waals surface area contributed by atoms with E-state index in [1.165, 1.54) is 24.3 Å². The van der Waals surface area contributed by atoms with Crippen LogP contribution >= 0.6 is 23.1 Å². The number of carbonyl (C=O) groups excluding carboxylic acids is 3. The number of hydrogen-bond donors (Lipinski definition) is 3. The summed E-state index contributed by atoms with van der Waals surface area (Å²) in [6.45, 7) is 2.27. The number of nitrogens with one attached hydrogen (secondary N) is 2. The van der Waals surface area contributed by atoms with Gasteiger partial charge in [-0.05, 0) is 6.42 Å². The first-order valence-electron chi connectivity index (χ1n) is 9.54. The lowest BCUT2D eigenvalue weighted by atomic mass is 10.0. The topological polar surface area (TPSA) is 160 Å². The van der Waals surface area contributed by atoms with Crippen molar-refractivity contribution in [2.24, 2.45) is 5.16 Å². The molecule has 2 atom stereocenters. The van der Waals surface area contributed by atoms with Crippen LogP contribution < -0.4 is 10.6 Å². The zero-order chi connectivity index (χ0) is 23.3. The second kappa shape index (κ2) is 10.5. The number of hydrogen-bond acceptors (Lipinski definition) is 10. The number of aliphatic carboxylic acids is 1. The quantitative estimate of drug-likeness (QED) is 0.134. The molecule has 0 aromatic carbocycles. The highest BCUT2D eigenvalue weighted by atomic mass is 32.2. The number of anilines is 1. The van der Waals surface area contributed by atoms with Crippen LogP contribution in [0, 0.1) is 0 Å². The number of fused-ring (bicyclic) bond motifs is 1. The highest BCUT2D eigenvalue weighted by Gasteiger charge is 2.55. The number of rotatable bonds is 11. The molecule has 3 rings (SSSR count). The minimum atomic E-state index is -1.28. The number of methoxy groups -OCH3 is 1. The summed E-state index contributed by atoms with van der Waals surface area (Å²) >= 11 is 2.37. The molecule has 14 heteroatoms. The fraction of sp³-hybridized carbons (Fsp3) is 0.444. The van der Waals surface area contributed by atoms with E-state index in [4.69, 9.17) is 9.57 Å². The van der Waals surface area contributed by atoms with Crippen molar-refractivity contribution in [3.05, 3.63) is 22.5 Å². The molecule has 0 bridgehead atoms. The van der Waals surface area contributed by atoms with Crippen LogP contribution in [0.25, 0.3) is 0 Å². The van der Waals surface area contributed by atoms with Crippen molar-refractivity contribution >= 4 is 58.1 Å². The van der Waals surface area contributed by atoms with Gasteiger partial charge in [-0.1, -0.05) is 18.5 Å². The van der Waals surface area contributed by atoms with E-state index in [-0.39, 0.29) is 40.4 Å². The summed E-state index contributed by atoms with van der Waals surface area (Å²) in [7, 11) is 1.34. The maximum Gasteiger partial charge on any atom is 0.356 e. The van der Waals surface area contributed by atoms with E-state index in [1.807, 2.05) is 6.92 Å². The Bertz CT molecular complexity index is 977. The van der Waals surface area contributed by atoms with E-state index >= 15 is 0 Å². The van der Waals surface area contributed by atoms with Crippen LogP contribution in [0.2, 0.25) is 0 Å². The second-order valence-electron chi connectivity index (χ2n) is 6.57. The molecule has 0 aliphatic carbocycles. The number of ether oxygens (including phenoxy) is 1. The zero-order valence-corrected chi connectivity index (χ0v) is 18.8. The summed E-state index contributed by atoms with van der Waals surface area (Å²) in [6, 6.07) is -0.952. The number of thiazole rings is 1. The van der Waals surface area contributed by atoms with Crippen molar-refractivity contribution in [2.75, 3.05) is 24.8 Å². The zero-order valence-electron chi connectivity index (χ0n) is 17.2. The molecule has 0 radical (unpaired) electrons. The van der Waals surface area contributed by atoms with Crippen molar-refractivity contribution in [3.63, 3.8) is 0 Å². The largest absolute Gasteiger partial charge is 0.498 e. The lowest BCUT2D eigenvalue weighted by Gasteiger charge is -2.48. The van der Waals surface area contributed by atoms with Crippen LogP contribution in [0.3, 0.4) is 0 Å². The van der Waals surface area contributed by atoms with Gasteiger partial charge in [-0.2, -0.15) is 0 Å². The fourth-order valence-electron chi connectivity index (χ4n) is 2.98. The minimum absolute atomic E-state index is 0.157. The predicted molar refractivity (Wildman–Crippen MR) is 116 cm³/mol. The Balaban J connectivity index is 1.78. The number of nitrogens with zero attached hydrogens (tertiary/aromatic N) is 3. The molecule has 172 valence electrons. The molecule has 0 spiro atoms. The Hall–Kier alpha value is -3.13. The average Bonchev–Trinajstić information content (AvgIpc) is 3.24. The normalized spacial score (nSPS) is 20.2. The third-order valence-electron chi connectivity index (χ3n) is 4.56. The lowest BCUT2D eigenvalue weighted by Crippen LogP contribution is -2.71. The number of oxime groups is 1. The van der Waals surface area contributed by atoms with E-state index in [0.717, 1.165) is 29.1 Å². The van der Waals surface area contributed by atoms with Gasteiger partial charge in [0.2, 0.25) is 6.41 Å². The molecule has 12 nitrogen and oxygen atoms in total. The highest BCUT2D eigenvalue weighted by Crippen LogP contribution is 2.40. The third-order valence-corrected chi connectivity index (χ3v) is 6.59. The molecule has 0 saturated carbocycles. The fourth-order valence-corrected chi connectivity index (χ4v) is 4.95. The van der Waals surface area contributed by atoms with E-state index in [1.54, 1.807) is 0 Å². The number of carbonyl (C=O) groups is 4. The Morgan fingerprint density at radius 1 is 1.47 bits per heavy atom. The van der Waals surface area contributed by atoms with Crippen molar-refractivity contribution in [2.45, 2.75) is 31.2 Å². The first kappa shape index (κ1) is 23.5. The van der Waals surface area contributed by atoms with Crippen LogP contribution in [0.15, 0.2) is 22.0 Å². The Morgan fingerprint density at radius 3 is 2.91 bits per heavy atom. The van der Waals surface area contributed by atoms with Gasteiger partial charge in [-0.3, -0.25) is 19.3 Å². The number of aromatic nitrogens is 1. The summed E-state index contributed by atoms with van der Waals surface area (Å²) in [4.78, 5) is 58.3. The molecule has 2 aliphatic rings. The molecule has 3 amide bonds. The van der Waals surface area contributed by atoms with Gasteiger partial charge in [-0.25, -0.2) is 9.78 Å². The number of unbranched alkanes of at least 4 members (excludes halogenated alkanes) is 1. The first-order valence-corrected chi connectivity index (χ1v) is 11.5. The molecule has 1 unspecified atom stereocenters. The third kappa shape index (κ3) is 4.70. The van der Waals surface area contributed by atoms with Gasteiger partial charge >= 0.3 is 5.97 Å². The van der Waals surface area contributed by atoms with E-state index < -0.39 is 29.2 Å². The van der Waals surface area contributed by atoms with Crippen molar-refractivity contribution < 1.29 is 33.9 Å². The molecular formula is C18H21N5O7S2. The summed E-state index contributed by atoms with van der Waals surface area (Å²) < 4.78 is 5.09. The molecule has 32 heavy (non-hydrogen) atoms. The van der Waals surface area contributed by atoms with Crippen LogP contribution in [0.4, 0.5) is 5.13 Å². The molecule has 1 fully saturated rings. The summed E-state index contributed by atoms with van der Waals surface area (Å²) in [5.74, 6) is -2.14. The number of carboxylic acids is 1. The van der Waals surface area contributed by atoms with Gasteiger partial charge in [0.15, 0.2) is 16.5 Å². The van der Waals surface area contributed by atoms with Gasteiger partial charge in [0.1, 0.15) is 29.5 Å². The monoisotopic (exact) mass is 483 g/mol. The van der Waals surface area contributed by atoms with Crippen molar-refractivity contribution in [3.8, 4) is 0 Å².